The number of hydrogen-bond donors (Lipinski definition) is 1. The van der Waals surface area contributed by atoms with Gasteiger partial charge in [-0.05, 0) is 49.0 Å². The second-order valence-electron chi connectivity index (χ2n) is 4.34. The van der Waals surface area contributed by atoms with Gasteiger partial charge in [-0.15, -0.1) is 0 Å². The Balaban J connectivity index is 2.26. The summed E-state index contributed by atoms with van der Waals surface area (Å²) < 4.78 is 14.0. The number of benzene rings is 2. The van der Waals surface area contributed by atoms with Gasteiger partial charge in [0.25, 0.3) is 0 Å². The molecule has 0 spiro atoms. The van der Waals surface area contributed by atoms with Crippen LogP contribution in [0.5, 0.6) is 0 Å². The first kappa shape index (κ1) is 14.0. The molecule has 100 valence electrons. The van der Waals surface area contributed by atoms with E-state index in [-0.39, 0.29) is 5.82 Å². The first-order valence-electron chi connectivity index (χ1n) is 6.04. The molecule has 0 atom stereocenters. The molecule has 0 fully saturated rings. The third kappa shape index (κ3) is 3.33. The van der Waals surface area contributed by atoms with E-state index in [0.29, 0.717) is 0 Å². The van der Waals surface area contributed by atoms with Gasteiger partial charge in [-0.3, -0.25) is 0 Å². The number of rotatable bonds is 4. The maximum Gasteiger partial charge on any atom is 0.123 e. The van der Waals surface area contributed by atoms with Crippen molar-refractivity contribution in [3.05, 3.63) is 58.3 Å². The van der Waals surface area contributed by atoms with Gasteiger partial charge >= 0.3 is 0 Å². The Morgan fingerprint density at radius 3 is 2.32 bits per heavy atom. The highest BCUT2D eigenvalue weighted by molar-refractivity contribution is 9.10. The fourth-order valence-electron chi connectivity index (χ4n) is 1.89. The van der Waals surface area contributed by atoms with Gasteiger partial charge in [-0.1, -0.05) is 22.0 Å². The lowest BCUT2D eigenvalue weighted by Gasteiger charge is -2.20. The lowest BCUT2D eigenvalue weighted by Crippen LogP contribution is -2.10. The van der Waals surface area contributed by atoms with E-state index in [1.165, 1.54) is 17.7 Å². The van der Waals surface area contributed by atoms with Crippen LogP contribution in [-0.2, 0) is 6.54 Å². The van der Waals surface area contributed by atoms with Crippen molar-refractivity contribution in [2.75, 3.05) is 19.0 Å². The average Bonchev–Trinajstić information content (AvgIpc) is 2.41. The summed E-state index contributed by atoms with van der Waals surface area (Å²) in [7, 11) is 3.89. The molecule has 0 bridgehead atoms. The van der Waals surface area contributed by atoms with Crippen molar-refractivity contribution < 1.29 is 4.39 Å². The Labute approximate surface area is 121 Å². The molecule has 0 unspecified atom stereocenters. The van der Waals surface area contributed by atoms with Gasteiger partial charge in [0.2, 0.25) is 0 Å². The fourth-order valence-corrected chi connectivity index (χ4v) is 2.40. The van der Waals surface area contributed by atoms with E-state index >= 15 is 0 Å². The van der Waals surface area contributed by atoms with Gasteiger partial charge < -0.3 is 10.2 Å². The maximum atomic E-state index is 12.9. The monoisotopic (exact) mass is 322 g/mol. The van der Waals surface area contributed by atoms with Crippen LogP contribution >= 0.6 is 15.9 Å². The van der Waals surface area contributed by atoms with Crippen LogP contribution in [-0.4, -0.2) is 14.1 Å². The second-order valence-corrected chi connectivity index (χ2v) is 5.20. The molecular formula is C15H16BrFN2. The van der Waals surface area contributed by atoms with Crippen LogP contribution in [0.1, 0.15) is 5.56 Å². The Morgan fingerprint density at radius 2 is 1.74 bits per heavy atom. The van der Waals surface area contributed by atoms with Gasteiger partial charge in [0.05, 0.1) is 0 Å². The van der Waals surface area contributed by atoms with Gasteiger partial charge in [0, 0.05) is 29.4 Å². The highest BCUT2D eigenvalue weighted by atomic mass is 79.9. The van der Waals surface area contributed by atoms with Crippen LogP contribution in [0.15, 0.2) is 46.9 Å². The molecule has 2 rings (SSSR count). The topological polar surface area (TPSA) is 15.3 Å². The number of anilines is 2. The standard InChI is InChI=1S/C15H16BrFN2/c1-18-10-11-3-6-14(9-15(11)16)19(2)13-7-4-12(17)5-8-13/h3-9,18H,10H2,1-2H3. The van der Waals surface area contributed by atoms with E-state index in [9.17, 15) is 4.39 Å². The SMILES string of the molecule is CNCc1ccc(N(C)c2ccc(F)cc2)cc1Br. The minimum Gasteiger partial charge on any atom is -0.345 e. The van der Waals surface area contributed by atoms with Crippen LogP contribution in [0, 0.1) is 5.82 Å². The molecule has 0 aromatic heterocycles. The van der Waals surface area contributed by atoms with E-state index < -0.39 is 0 Å². The van der Waals surface area contributed by atoms with Crippen molar-refractivity contribution in [3.8, 4) is 0 Å². The smallest absolute Gasteiger partial charge is 0.123 e. The molecule has 2 nitrogen and oxygen atoms in total. The predicted molar refractivity (Wildman–Crippen MR) is 81.4 cm³/mol. The molecule has 0 saturated heterocycles. The highest BCUT2D eigenvalue weighted by Gasteiger charge is 2.07. The summed E-state index contributed by atoms with van der Waals surface area (Å²) in [6.45, 7) is 0.821. The van der Waals surface area contributed by atoms with E-state index in [0.717, 1.165) is 22.4 Å². The summed E-state index contributed by atoms with van der Waals surface area (Å²) in [5.41, 5.74) is 3.21. The van der Waals surface area contributed by atoms with Crippen molar-refractivity contribution >= 4 is 27.3 Å². The normalized spacial score (nSPS) is 10.5. The first-order valence-corrected chi connectivity index (χ1v) is 6.83. The van der Waals surface area contributed by atoms with Crippen LogP contribution < -0.4 is 10.2 Å². The summed E-state index contributed by atoms with van der Waals surface area (Å²) in [6.07, 6.45) is 0. The number of nitrogens with one attached hydrogen (secondary N) is 1. The Kier molecular flexibility index (Phi) is 4.56. The quantitative estimate of drug-likeness (QED) is 0.912. The van der Waals surface area contributed by atoms with Crippen molar-refractivity contribution in [2.45, 2.75) is 6.54 Å². The molecule has 0 aliphatic rings. The Morgan fingerprint density at radius 1 is 1.11 bits per heavy atom. The second kappa shape index (κ2) is 6.17. The fraction of sp³-hybridized carbons (Fsp3) is 0.200. The molecular weight excluding hydrogens is 307 g/mol. The summed E-state index contributed by atoms with van der Waals surface area (Å²) in [5, 5.41) is 3.13. The van der Waals surface area contributed by atoms with Gasteiger partial charge in [0.15, 0.2) is 0 Å². The van der Waals surface area contributed by atoms with E-state index in [1.807, 2.05) is 19.0 Å². The van der Waals surface area contributed by atoms with Gasteiger partial charge in [0.1, 0.15) is 5.82 Å². The lowest BCUT2D eigenvalue weighted by molar-refractivity contribution is 0.628. The third-order valence-electron chi connectivity index (χ3n) is 3.01. The molecule has 1 N–H and O–H groups in total. The van der Waals surface area contributed by atoms with Crippen LogP contribution in [0.25, 0.3) is 0 Å². The number of halogens is 2. The Hall–Kier alpha value is -1.39. The van der Waals surface area contributed by atoms with Crippen molar-refractivity contribution in [2.24, 2.45) is 0 Å². The maximum absolute atomic E-state index is 12.9. The molecule has 2 aromatic rings. The van der Waals surface area contributed by atoms with Gasteiger partial charge in [-0.25, -0.2) is 4.39 Å². The van der Waals surface area contributed by atoms with Crippen molar-refractivity contribution in [3.63, 3.8) is 0 Å². The molecule has 0 saturated carbocycles. The zero-order valence-corrected chi connectivity index (χ0v) is 12.5. The largest absolute Gasteiger partial charge is 0.345 e. The average molecular weight is 323 g/mol. The molecule has 0 radical (unpaired) electrons. The molecule has 19 heavy (non-hydrogen) atoms. The van der Waals surface area contributed by atoms with Crippen LogP contribution in [0.3, 0.4) is 0 Å². The summed E-state index contributed by atoms with van der Waals surface area (Å²) in [6, 6.07) is 12.7. The summed E-state index contributed by atoms with van der Waals surface area (Å²) in [5.74, 6) is -0.220. The molecule has 0 amide bonds. The predicted octanol–water partition coefficient (Wildman–Crippen LogP) is 4.08. The van der Waals surface area contributed by atoms with Crippen LogP contribution in [0.2, 0.25) is 0 Å². The van der Waals surface area contributed by atoms with Crippen LogP contribution in [0.4, 0.5) is 15.8 Å². The minimum absolute atomic E-state index is 0.220. The van der Waals surface area contributed by atoms with E-state index in [2.05, 4.69) is 39.4 Å². The van der Waals surface area contributed by atoms with E-state index in [4.69, 9.17) is 0 Å². The first-order chi connectivity index (χ1) is 9.11. The third-order valence-corrected chi connectivity index (χ3v) is 3.74. The lowest BCUT2D eigenvalue weighted by atomic mass is 10.2. The number of nitrogens with zero attached hydrogens (tertiary/aromatic N) is 1. The zero-order valence-electron chi connectivity index (χ0n) is 11.0. The molecule has 4 heteroatoms. The minimum atomic E-state index is -0.220. The Bertz CT molecular complexity index is 555. The van der Waals surface area contributed by atoms with Crippen molar-refractivity contribution in [1.82, 2.24) is 5.32 Å². The molecule has 0 aliphatic carbocycles. The number of hydrogen-bond acceptors (Lipinski definition) is 2. The van der Waals surface area contributed by atoms with E-state index in [1.54, 1.807) is 12.1 Å². The van der Waals surface area contributed by atoms with Crippen molar-refractivity contribution in [1.29, 1.82) is 0 Å². The molecule has 0 aliphatic heterocycles. The van der Waals surface area contributed by atoms with Gasteiger partial charge in [-0.2, -0.15) is 0 Å². The molecule has 0 heterocycles. The zero-order chi connectivity index (χ0) is 13.8. The highest BCUT2D eigenvalue weighted by Crippen LogP contribution is 2.28. The summed E-state index contributed by atoms with van der Waals surface area (Å²) >= 11 is 3.57. The summed E-state index contributed by atoms with van der Waals surface area (Å²) in [4.78, 5) is 2.02. The molecule has 2 aromatic carbocycles.